The first-order chi connectivity index (χ1) is 11.4. The number of nitrogens with zero attached hydrogens (tertiary/aromatic N) is 2. The Balaban J connectivity index is 1.75. The molecule has 0 aromatic heterocycles. The van der Waals surface area contributed by atoms with E-state index >= 15 is 0 Å². The molecule has 0 radical (unpaired) electrons. The Kier molecular flexibility index (Phi) is 4.87. The fraction of sp³-hybridized carbons (Fsp3) is 0.500. The number of aliphatic imine (C=N–C) groups is 1. The second kappa shape index (κ2) is 6.76. The van der Waals surface area contributed by atoms with Crippen molar-refractivity contribution in [3.05, 3.63) is 29.8 Å². The smallest absolute Gasteiger partial charge is 0.244 e. The Morgan fingerprint density at radius 2 is 2.04 bits per heavy atom. The van der Waals surface area contributed by atoms with Gasteiger partial charge in [0.2, 0.25) is 5.91 Å². The summed E-state index contributed by atoms with van der Waals surface area (Å²) in [5.74, 6) is 0.855. The van der Waals surface area contributed by atoms with Crippen molar-refractivity contribution in [2.45, 2.75) is 24.6 Å². The molecule has 2 saturated heterocycles. The van der Waals surface area contributed by atoms with Gasteiger partial charge in [0, 0.05) is 18.7 Å². The lowest BCUT2D eigenvalue weighted by Gasteiger charge is -2.24. The van der Waals surface area contributed by atoms with Gasteiger partial charge in [0.1, 0.15) is 5.75 Å². The van der Waals surface area contributed by atoms with Gasteiger partial charge in [0.05, 0.1) is 24.7 Å². The molecular formula is C16H20N2O4S2. The molecule has 3 rings (SSSR count). The van der Waals surface area contributed by atoms with Crippen LogP contribution >= 0.6 is 11.8 Å². The highest BCUT2D eigenvalue weighted by Crippen LogP contribution is 2.38. The van der Waals surface area contributed by atoms with Crippen LogP contribution in [0.4, 0.5) is 0 Å². The number of hydrogen-bond acceptors (Lipinski definition) is 5. The van der Waals surface area contributed by atoms with Crippen molar-refractivity contribution in [3.63, 3.8) is 0 Å². The molecule has 1 amide bonds. The minimum atomic E-state index is -3.00. The normalized spacial score (nSPS) is 26.6. The first kappa shape index (κ1) is 17.3. The molecule has 2 fully saturated rings. The summed E-state index contributed by atoms with van der Waals surface area (Å²) in [6.45, 7) is 2.06. The number of hydrogen-bond donors (Lipinski definition) is 0. The van der Waals surface area contributed by atoms with Crippen LogP contribution in [-0.4, -0.2) is 60.8 Å². The SMILES string of the molecule is COc1ccc(CCN2C(=NC(C)=O)S[C@@H]3CS(=O)(=O)C[C@@H]32)cc1. The molecule has 2 aliphatic heterocycles. The number of thioether (sulfide) groups is 1. The first-order valence-electron chi connectivity index (χ1n) is 7.74. The molecule has 0 unspecified atom stereocenters. The second-order valence-corrected chi connectivity index (χ2v) is 9.37. The first-order valence-corrected chi connectivity index (χ1v) is 10.4. The van der Waals surface area contributed by atoms with E-state index in [0.717, 1.165) is 17.7 Å². The van der Waals surface area contributed by atoms with E-state index in [4.69, 9.17) is 4.74 Å². The molecule has 8 heteroatoms. The molecule has 0 bridgehead atoms. The summed E-state index contributed by atoms with van der Waals surface area (Å²) in [6, 6.07) is 7.71. The fourth-order valence-corrected chi connectivity index (χ4v) is 7.10. The van der Waals surface area contributed by atoms with Crippen molar-refractivity contribution < 1.29 is 17.9 Å². The summed E-state index contributed by atoms with van der Waals surface area (Å²) in [7, 11) is -1.37. The predicted octanol–water partition coefficient (Wildman–Crippen LogP) is 1.35. The molecule has 130 valence electrons. The minimum absolute atomic E-state index is 0.0241. The molecular weight excluding hydrogens is 348 g/mol. The van der Waals surface area contributed by atoms with Crippen LogP contribution in [0.5, 0.6) is 5.75 Å². The quantitative estimate of drug-likeness (QED) is 0.799. The molecule has 0 spiro atoms. The van der Waals surface area contributed by atoms with E-state index in [-0.39, 0.29) is 28.7 Å². The molecule has 0 aliphatic carbocycles. The Morgan fingerprint density at radius 3 is 2.67 bits per heavy atom. The maximum atomic E-state index is 11.9. The standard InChI is InChI=1S/C16H20N2O4S2/c1-11(19)17-16-18(14-9-24(20,21)10-15(14)23-16)8-7-12-3-5-13(22-2)6-4-12/h3-6,14-15H,7-10H2,1-2H3/t14-,15+/m0/s1. The van der Waals surface area contributed by atoms with Crippen LogP contribution in [0.3, 0.4) is 0 Å². The number of carbonyl (C=O) groups excluding carboxylic acids is 1. The van der Waals surface area contributed by atoms with Gasteiger partial charge in [-0.1, -0.05) is 23.9 Å². The Bertz CT molecular complexity index is 759. The summed E-state index contributed by atoms with van der Waals surface area (Å²) in [4.78, 5) is 17.4. The largest absolute Gasteiger partial charge is 0.497 e. The van der Waals surface area contributed by atoms with Gasteiger partial charge in [0.15, 0.2) is 15.0 Å². The molecule has 0 saturated carbocycles. The van der Waals surface area contributed by atoms with Gasteiger partial charge in [-0.05, 0) is 24.1 Å². The molecule has 1 aromatic rings. The number of benzene rings is 1. The van der Waals surface area contributed by atoms with Crippen LogP contribution < -0.4 is 4.74 Å². The number of amidine groups is 1. The average Bonchev–Trinajstić information content (AvgIpc) is 2.96. The maximum absolute atomic E-state index is 11.9. The van der Waals surface area contributed by atoms with Gasteiger partial charge in [-0.15, -0.1) is 0 Å². The number of ether oxygens (including phenoxy) is 1. The van der Waals surface area contributed by atoms with E-state index in [0.29, 0.717) is 11.7 Å². The van der Waals surface area contributed by atoms with Crippen molar-refractivity contribution in [2.75, 3.05) is 25.2 Å². The van der Waals surface area contributed by atoms with E-state index in [1.807, 2.05) is 29.2 Å². The molecule has 1 aromatic carbocycles. The van der Waals surface area contributed by atoms with Crippen LogP contribution in [0.25, 0.3) is 0 Å². The third-order valence-corrected chi connectivity index (χ3v) is 7.48. The summed E-state index contributed by atoms with van der Waals surface area (Å²) in [5.41, 5.74) is 1.13. The van der Waals surface area contributed by atoms with Gasteiger partial charge in [-0.2, -0.15) is 4.99 Å². The zero-order valence-corrected chi connectivity index (χ0v) is 15.3. The summed E-state index contributed by atoms with van der Waals surface area (Å²) >= 11 is 1.42. The van der Waals surface area contributed by atoms with Gasteiger partial charge >= 0.3 is 0 Å². The Morgan fingerprint density at radius 1 is 1.33 bits per heavy atom. The topological polar surface area (TPSA) is 76.0 Å². The van der Waals surface area contributed by atoms with Crippen LogP contribution in [0.2, 0.25) is 0 Å². The predicted molar refractivity (Wildman–Crippen MR) is 95.3 cm³/mol. The highest BCUT2D eigenvalue weighted by atomic mass is 32.2. The van der Waals surface area contributed by atoms with Crippen molar-refractivity contribution in [1.29, 1.82) is 0 Å². The number of amides is 1. The number of rotatable bonds is 4. The molecule has 24 heavy (non-hydrogen) atoms. The summed E-state index contributed by atoms with van der Waals surface area (Å²) in [5, 5.41) is 0.630. The van der Waals surface area contributed by atoms with Crippen molar-refractivity contribution in [3.8, 4) is 5.75 Å². The highest BCUT2D eigenvalue weighted by molar-refractivity contribution is 8.15. The van der Waals surface area contributed by atoms with E-state index in [1.165, 1.54) is 18.7 Å². The lowest BCUT2D eigenvalue weighted by molar-refractivity contribution is -0.115. The third kappa shape index (κ3) is 3.75. The monoisotopic (exact) mass is 368 g/mol. The zero-order valence-electron chi connectivity index (χ0n) is 13.6. The maximum Gasteiger partial charge on any atom is 0.244 e. The van der Waals surface area contributed by atoms with E-state index in [2.05, 4.69) is 4.99 Å². The summed E-state index contributed by atoms with van der Waals surface area (Å²) in [6.07, 6.45) is 0.755. The number of carbonyl (C=O) groups is 1. The van der Waals surface area contributed by atoms with Crippen molar-refractivity contribution in [2.24, 2.45) is 4.99 Å². The Labute approximate surface area is 146 Å². The Hall–Kier alpha value is -1.54. The summed E-state index contributed by atoms with van der Waals surface area (Å²) < 4.78 is 29.0. The fourth-order valence-electron chi connectivity index (χ4n) is 3.07. The van der Waals surface area contributed by atoms with Gasteiger partial charge in [0.25, 0.3) is 0 Å². The molecule has 2 atom stereocenters. The number of sulfone groups is 1. The van der Waals surface area contributed by atoms with Gasteiger partial charge in [-0.25, -0.2) is 8.42 Å². The van der Waals surface area contributed by atoms with E-state index < -0.39 is 9.84 Å². The van der Waals surface area contributed by atoms with Gasteiger partial charge < -0.3 is 9.64 Å². The van der Waals surface area contributed by atoms with Crippen LogP contribution in [0.1, 0.15) is 12.5 Å². The average molecular weight is 368 g/mol. The number of methoxy groups -OCH3 is 1. The van der Waals surface area contributed by atoms with Gasteiger partial charge in [-0.3, -0.25) is 4.79 Å². The molecule has 6 nitrogen and oxygen atoms in total. The van der Waals surface area contributed by atoms with Crippen LogP contribution in [-0.2, 0) is 21.1 Å². The lowest BCUT2D eigenvalue weighted by Crippen LogP contribution is -2.39. The second-order valence-electron chi connectivity index (χ2n) is 6.01. The van der Waals surface area contributed by atoms with Crippen LogP contribution in [0, 0.1) is 0 Å². The number of fused-ring (bicyclic) bond motifs is 1. The minimum Gasteiger partial charge on any atom is -0.497 e. The zero-order chi connectivity index (χ0) is 17.3. The third-order valence-electron chi connectivity index (χ3n) is 4.23. The van der Waals surface area contributed by atoms with Crippen molar-refractivity contribution >= 4 is 32.7 Å². The molecule has 0 N–H and O–H groups in total. The van der Waals surface area contributed by atoms with Crippen LogP contribution in [0.15, 0.2) is 29.3 Å². The lowest BCUT2D eigenvalue weighted by atomic mass is 10.1. The van der Waals surface area contributed by atoms with Crippen molar-refractivity contribution in [1.82, 2.24) is 4.90 Å². The van der Waals surface area contributed by atoms with E-state index in [1.54, 1.807) is 7.11 Å². The highest BCUT2D eigenvalue weighted by Gasteiger charge is 2.48. The molecule has 2 aliphatic rings. The van der Waals surface area contributed by atoms with E-state index in [9.17, 15) is 13.2 Å². The molecule has 2 heterocycles.